The SMILES string of the molecule is Oc1c(-c2ccc(-c3ccccc3)cc2)cc2sc3ccccc3c2c1Nc1ccc(-n2c3cc4ccccc4cc3c3c4ccccc4ccc32)cc1. The van der Waals surface area contributed by atoms with Gasteiger partial charge in [0.15, 0.2) is 0 Å². The highest BCUT2D eigenvalue weighted by Crippen LogP contribution is 2.49. The Bertz CT molecular complexity index is 3230. The van der Waals surface area contributed by atoms with Gasteiger partial charge in [0.25, 0.3) is 0 Å². The van der Waals surface area contributed by atoms with Crippen molar-refractivity contribution < 1.29 is 5.11 Å². The summed E-state index contributed by atoms with van der Waals surface area (Å²) in [5.74, 6) is 0.240. The Morgan fingerprint density at radius 2 is 1.09 bits per heavy atom. The molecule has 54 heavy (non-hydrogen) atoms. The van der Waals surface area contributed by atoms with Gasteiger partial charge in [-0.3, -0.25) is 0 Å². The number of hydrogen-bond acceptors (Lipinski definition) is 3. The van der Waals surface area contributed by atoms with E-state index in [9.17, 15) is 5.11 Å². The van der Waals surface area contributed by atoms with Crippen LogP contribution in [0.5, 0.6) is 5.75 Å². The molecular weight excluding hydrogens is 677 g/mol. The number of anilines is 2. The Hall–Kier alpha value is -6.88. The summed E-state index contributed by atoms with van der Waals surface area (Å²) < 4.78 is 4.70. The molecule has 11 aromatic rings. The lowest BCUT2D eigenvalue weighted by Gasteiger charge is -2.16. The highest BCUT2D eigenvalue weighted by atomic mass is 32.1. The number of aromatic hydroxyl groups is 1. The van der Waals surface area contributed by atoms with Crippen LogP contribution in [0.1, 0.15) is 0 Å². The summed E-state index contributed by atoms with van der Waals surface area (Å²) in [5, 5.41) is 25.4. The van der Waals surface area contributed by atoms with E-state index in [1.165, 1.54) is 53.6 Å². The minimum atomic E-state index is 0.240. The van der Waals surface area contributed by atoms with Crippen LogP contribution >= 0.6 is 11.3 Å². The summed E-state index contributed by atoms with van der Waals surface area (Å²) in [4.78, 5) is 0. The van der Waals surface area contributed by atoms with E-state index in [2.05, 4.69) is 186 Å². The van der Waals surface area contributed by atoms with Gasteiger partial charge in [-0.1, -0.05) is 127 Å². The minimum absolute atomic E-state index is 0.240. The maximum Gasteiger partial charge on any atom is 0.147 e. The monoisotopic (exact) mass is 708 g/mol. The van der Waals surface area contributed by atoms with Crippen molar-refractivity contribution >= 4 is 86.2 Å². The summed E-state index contributed by atoms with van der Waals surface area (Å²) >= 11 is 1.75. The summed E-state index contributed by atoms with van der Waals surface area (Å²) in [6.07, 6.45) is 0. The topological polar surface area (TPSA) is 37.2 Å². The smallest absolute Gasteiger partial charge is 0.147 e. The fourth-order valence-corrected chi connectivity index (χ4v) is 9.43. The fourth-order valence-electron chi connectivity index (χ4n) is 8.28. The van der Waals surface area contributed by atoms with Crippen molar-refractivity contribution in [2.45, 2.75) is 0 Å². The van der Waals surface area contributed by atoms with Gasteiger partial charge in [-0.05, 0) is 92.8 Å². The molecule has 0 spiro atoms. The molecule has 9 aromatic carbocycles. The molecule has 0 aliphatic heterocycles. The third-order valence-electron chi connectivity index (χ3n) is 10.9. The molecule has 0 unspecified atom stereocenters. The molecule has 0 aliphatic carbocycles. The van der Waals surface area contributed by atoms with Crippen LogP contribution in [0.4, 0.5) is 11.4 Å². The highest BCUT2D eigenvalue weighted by molar-refractivity contribution is 7.26. The van der Waals surface area contributed by atoms with E-state index in [0.29, 0.717) is 0 Å². The van der Waals surface area contributed by atoms with E-state index in [1.807, 2.05) is 6.07 Å². The van der Waals surface area contributed by atoms with Crippen LogP contribution in [-0.2, 0) is 0 Å². The van der Waals surface area contributed by atoms with E-state index in [1.54, 1.807) is 11.3 Å². The Balaban J connectivity index is 1.05. The van der Waals surface area contributed by atoms with Crippen molar-refractivity contribution in [2.75, 3.05) is 5.32 Å². The molecular formula is C50H32N2OS. The number of nitrogens with one attached hydrogen (secondary N) is 1. The minimum Gasteiger partial charge on any atom is -0.505 e. The average molecular weight is 709 g/mol. The normalized spacial score (nSPS) is 11.8. The van der Waals surface area contributed by atoms with Crippen LogP contribution in [0, 0.1) is 0 Å². The zero-order valence-electron chi connectivity index (χ0n) is 29.1. The summed E-state index contributed by atoms with van der Waals surface area (Å²) in [7, 11) is 0. The molecule has 254 valence electrons. The Labute approximate surface area is 315 Å². The summed E-state index contributed by atoms with van der Waals surface area (Å²) in [6.45, 7) is 0. The van der Waals surface area contributed by atoms with Gasteiger partial charge in [-0.25, -0.2) is 0 Å². The molecule has 2 aromatic heterocycles. The average Bonchev–Trinajstić information content (AvgIpc) is 3.77. The van der Waals surface area contributed by atoms with Crippen molar-refractivity contribution in [3.63, 3.8) is 0 Å². The number of fused-ring (bicyclic) bond motifs is 9. The van der Waals surface area contributed by atoms with E-state index < -0.39 is 0 Å². The van der Waals surface area contributed by atoms with Crippen LogP contribution in [0.3, 0.4) is 0 Å². The predicted octanol–water partition coefficient (Wildman–Crippen LogP) is 14.2. The fraction of sp³-hybridized carbons (Fsp3) is 0. The van der Waals surface area contributed by atoms with Gasteiger partial charge in [0, 0.05) is 47.9 Å². The molecule has 0 saturated heterocycles. The first-order valence-corrected chi connectivity index (χ1v) is 19.0. The van der Waals surface area contributed by atoms with Crippen LogP contribution in [0.15, 0.2) is 182 Å². The van der Waals surface area contributed by atoms with Crippen LogP contribution in [0.2, 0.25) is 0 Å². The number of aromatic nitrogens is 1. The number of benzene rings is 9. The molecule has 2 heterocycles. The van der Waals surface area contributed by atoms with Gasteiger partial charge in [0.1, 0.15) is 5.75 Å². The molecule has 0 fully saturated rings. The molecule has 3 nitrogen and oxygen atoms in total. The predicted molar refractivity (Wildman–Crippen MR) is 231 cm³/mol. The molecule has 2 N–H and O–H groups in total. The van der Waals surface area contributed by atoms with Gasteiger partial charge in [-0.15, -0.1) is 11.3 Å². The standard InChI is InChI=1S/C50H32N2OS/c53-50-41(34-20-18-32(19-21-34)31-10-2-1-3-11-31)30-46-48(40-16-8-9-17-45(40)54-46)49(50)51-37-23-25-38(26-24-37)52-43-27-22-33-12-6-7-15-39(33)47(43)42-28-35-13-4-5-14-36(35)29-44(42)52/h1-30,51,53H. The van der Waals surface area contributed by atoms with Gasteiger partial charge < -0.3 is 15.0 Å². The van der Waals surface area contributed by atoms with Crippen molar-refractivity contribution in [3.8, 4) is 33.7 Å². The second-order valence-electron chi connectivity index (χ2n) is 14.0. The molecule has 0 aliphatic rings. The third kappa shape index (κ3) is 4.81. The van der Waals surface area contributed by atoms with Crippen molar-refractivity contribution in [2.24, 2.45) is 0 Å². The zero-order chi connectivity index (χ0) is 35.8. The molecule has 11 rings (SSSR count). The van der Waals surface area contributed by atoms with Gasteiger partial charge in [0.2, 0.25) is 0 Å². The quantitative estimate of drug-likeness (QED) is 0.175. The lowest BCUT2D eigenvalue weighted by molar-refractivity contribution is 0.480. The Morgan fingerprint density at radius 3 is 1.89 bits per heavy atom. The second kappa shape index (κ2) is 12.1. The first-order valence-electron chi connectivity index (χ1n) is 18.2. The molecule has 0 saturated carbocycles. The van der Waals surface area contributed by atoms with E-state index in [0.717, 1.165) is 49.2 Å². The number of rotatable bonds is 5. The van der Waals surface area contributed by atoms with Gasteiger partial charge in [0.05, 0.1) is 16.7 Å². The van der Waals surface area contributed by atoms with Crippen molar-refractivity contribution in [1.29, 1.82) is 0 Å². The highest BCUT2D eigenvalue weighted by Gasteiger charge is 2.20. The third-order valence-corrected chi connectivity index (χ3v) is 12.0. The summed E-state index contributed by atoms with van der Waals surface area (Å²) in [6, 6.07) is 64.4. The molecule has 0 bridgehead atoms. The largest absolute Gasteiger partial charge is 0.505 e. The molecule has 0 atom stereocenters. The van der Waals surface area contributed by atoms with Crippen LogP contribution < -0.4 is 5.32 Å². The second-order valence-corrected chi connectivity index (χ2v) is 15.1. The van der Waals surface area contributed by atoms with Crippen molar-refractivity contribution in [1.82, 2.24) is 4.57 Å². The van der Waals surface area contributed by atoms with Crippen LogP contribution in [0.25, 0.3) is 91.5 Å². The lowest BCUT2D eigenvalue weighted by Crippen LogP contribution is -1.96. The molecule has 0 amide bonds. The number of phenols is 1. The van der Waals surface area contributed by atoms with Gasteiger partial charge in [-0.2, -0.15) is 0 Å². The number of nitrogens with zero attached hydrogens (tertiary/aromatic N) is 1. The maximum absolute atomic E-state index is 12.1. The lowest BCUT2D eigenvalue weighted by atomic mass is 9.97. The maximum atomic E-state index is 12.1. The summed E-state index contributed by atoms with van der Waals surface area (Å²) in [5.41, 5.74) is 9.13. The molecule has 4 heteroatoms. The van der Waals surface area contributed by atoms with E-state index >= 15 is 0 Å². The Kier molecular flexibility index (Phi) is 6.88. The van der Waals surface area contributed by atoms with E-state index in [-0.39, 0.29) is 5.75 Å². The van der Waals surface area contributed by atoms with Crippen LogP contribution in [-0.4, -0.2) is 9.67 Å². The van der Waals surface area contributed by atoms with E-state index in [4.69, 9.17) is 0 Å². The first kappa shape index (κ1) is 30.7. The first-order chi connectivity index (χ1) is 26.7. The number of hydrogen-bond donors (Lipinski definition) is 2. The van der Waals surface area contributed by atoms with Crippen molar-refractivity contribution in [3.05, 3.63) is 182 Å². The number of phenolic OH excluding ortho intramolecular Hbond substituents is 1. The zero-order valence-corrected chi connectivity index (χ0v) is 29.9. The number of thiophene rings is 1. The van der Waals surface area contributed by atoms with Gasteiger partial charge >= 0.3 is 0 Å². The Morgan fingerprint density at radius 1 is 0.444 bits per heavy atom. The molecule has 0 radical (unpaired) electrons.